The van der Waals surface area contributed by atoms with Crippen molar-refractivity contribution in [2.24, 2.45) is 5.73 Å². The van der Waals surface area contributed by atoms with Gasteiger partial charge in [0.05, 0.1) is 5.69 Å². The van der Waals surface area contributed by atoms with Crippen LogP contribution in [0.1, 0.15) is 16.1 Å². The van der Waals surface area contributed by atoms with E-state index in [4.69, 9.17) is 28.9 Å². The van der Waals surface area contributed by atoms with E-state index < -0.39 is 0 Å². The van der Waals surface area contributed by atoms with Crippen LogP contribution in [0.4, 0.5) is 5.82 Å². The molecule has 0 aliphatic rings. The van der Waals surface area contributed by atoms with Gasteiger partial charge in [-0.25, -0.2) is 9.97 Å². The van der Waals surface area contributed by atoms with Gasteiger partial charge in [0, 0.05) is 18.3 Å². The van der Waals surface area contributed by atoms with Gasteiger partial charge in [-0.15, -0.1) is 0 Å². The van der Waals surface area contributed by atoms with Gasteiger partial charge in [0.25, 0.3) is 5.91 Å². The SMILES string of the molecule is NCc1cc(C(=O)Nc2ncnc(Cl)c2Cl)ccn1. The summed E-state index contributed by atoms with van der Waals surface area (Å²) in [6, 6.07) is 3.15. The molecule has 3 N–H and O–H groups in total. The number of hydrogen-bond donors (Lipinski definition) is 2. The zero-order valence-corrected chi connectivity index (χ0v) is 11.1. The molecule has 0 aliphatic carbocycles. The van der Waals surface area contributed by atoms with Gasteiger partial charge in [-0.2, -0.15) is 0 Å². The molecule has 0 radical (unpaired) electrons. The second-order valence-electron chi connectivity index (χ2n) is 3.52. The molecule has 0 saturated carbocycles. The van der Waals surface area contributed by atoms with Crippen LogP contribution in [-0.4, -0.2) is 20.9 Å². The number of nitrogens with one attached hydrogen (secondary N) is 1. The van der Waals surface area contributed by atoms with Gasteiger partial charge in [-0.05, 0) is 12.1 Å². The maximum Gasteiger partial charge on any atom is 0.256 e. The number of anilines is 1. The van der Waals surface area contributed by atoms with E-state index in [2.05, 4.69) is 20.3 Å². The van der Waals surface area contributed by atoms with Crippen molar-refractivity contribution < 1.29 is 4.79 Å². The lowest BCUT2D eigenvalue weighted by molar-refractivity contribution is 0.102. The molecule has 0 unspecified atom stereocenters. The van der Waals surface area contributed by atoms with Gasteiger partial charge in [0.15, 0.2) is 11.0 Å². The highest BCUT2D eigenvalue weighted by atomic mass is 35.5. The van der Waals surface area contributed by atoms with Crippen molar-refractivity contribution in [1.82, 2.24) is 15.0 Å². The Morgan fingerprint density at radius 1 is 1.32 bits per heavy atom. The Kier molecular flexibility index (Phi) is 4.26. The molecule has 6 nitrogen and oxygen atoms in total. The number of hydrogen-bond acceptors (Lipinski definition) is 5. The molecule has 2 rings (SSSR count). The predicted molar refractivity (Wildman–Crippen MR) is 72.1 cm³/mol. The lowest BCUT2D eigenvalue weighted by Crippen LogP contribution is -2.14. The molecule has 1 amide bonds. The fourth-order valence-corrected chi connectivity index (χ4v) is 1.62. The van der Waals surface area contributed by atoms with Crippen LogP contribution in [0, 0.1) is 0 Å². The summed E-state index contributed by atoms with van der Waals surface area (Å²) in [6.07, 6.45) is 2.72. The Morgan fingerprint density at radius 3 is 2.84 bits per heavy atom. The Balaban J connectivity index is 2.23. The number of rotatable bonds is 3. The molecule has 0 aromatic carbocycles. The van der Waals surface area contributed by atoms with E-state index in [1.54, 1.807) is 12.1 Å². The van der Waals surface area contributed by atoms with Crippen LogP contribution in [0.3, 0.4) is 0 Å². The Hall–Kier alpha value is -1.76. The third-order valence-electron chi connectivity index (χ3n) is 2.27. The fraction of sp³-hybridized carbons (Fsp3) is 0.0909. The molecular formula is C11H9Cl2N5O. The molecule has 98 valence electrons. The number of aromatic nitrogens is 3. The predicted octanol–water partition coefficient (Wildman–Crippen LogP) is 1.89. The molecule has 0 atom stereocenters. The third-order valence-corrected chi connectivity index (χ3v) is 3.01. The summed E-state index contributed by atoms with van der Waals surface area (Å²) in [5.41, 5.74) is 6.48. The van der Waals surface area contributed by atoms with Crippen molar-refractivity contribution in [2.75, 3.05) is 5.32 Å². The molecular weight excluding hydrogens is 289 g/mol. The summed E-state index contributed by atoms with van der Waals surface area (Å²) in [5, 5.41) is 2.71. The highest BCUT2D eigenvalue weighted by molar-refractivity contribution is 6.43. The summed E-state index contributed by atoms with van der Waals surface area (Å²) in [5.74, 6) is -0.230. The average Bonchev–Trinajstić information content (AvgIpc) is 2.44. The number of amides is 1. The van der Waals surface area contributed by atoms with Gasteiger partial charge in [0.1, 0.15) is 11.3 Å². The lowest BCUT2D eigenvalue weighted by Gasteiger charge is -2.07. The first-order valence-corrected chi connectivity index (χ1v) is 5.99. The van der Waals surface area contributed by atoms with E-state index in [0.717, 1.165) is 0 Å². The molecule has 0 fully saturated rings. The van der Waals surface area contributed by atoms with Crippen LogP contribution in [0.5, 0.6) is 0 Å². The van der Waals surface area contributed by atoms with Crippen LogP contribution in [0.15, 0.2) is 24.7 Å². The molecule has 2 aromatic rings. The molecule has 2 aromatic heterocycles. The normalized spacial score (nSPS) is 10.3. The van der Waals surface area contributed by atoms with E-state index in [1.165, 1.54) is 12.5 Å². The summed E-state index contributed by atoms with van der Waals surface area (Å²) in [7, 11) is 0. The quantitative estimate of drug-likeness (QED) is 0.844. The van der Waals surface area contributed by atoms with Gasteiger partial charge < -0.3 is 11.1 Å². The number of pyridine rings is 1. The molecule has 0 aliphatic heterocycles. The monoisotopic (exact) mass is 297 g/mol. The summed E-state index contributed by atoms with van der Waals surface area (Å²) in [4.78, 5) is 23.5. The topological polar surface area (TPSA) is 93.8 Å². The number of nitrogens with zero attached hydrogens (tertiary/aromatic N) is 3. The maximum absolute atomic E-state index is 12.0. The average molecular weight is 298 g/mol. The smallest absolute Gasteiger partial charge is 0.256 e. The maximum atomic E-state index is 12.0. The van der Waals surface area contributed by atoms with Gasteiger partial charge in [0.2, 0.25) is 0 Å². The summed E-state index contributed by atoms with van der Waals surface area (Å²) >= 11 is 11.6. The van der Waals surface area contributed by atoms with Crippen molar-refractivity contribution in [3.63, 3.8) is 0 Å². The van der Waals surface area contributed by atoms with Crippen LogP contribution in [0.2, 0.25) is 10.2 Å². The number of halogens is 2. The van der Waals surface area contributed by atoms with E-state index in [1.807, 2.05) is 0 Å². The van der Waals surface area contributed by atoms with Gasteiger partial charge >= 0.3 is 0 Å². The molecule has 2 heterocycles. The van der Waals surface area contributed by atoms with Crippen LogP contribution in [0.25, 0.3) is 0 Å². The first-order valence-electron chi connectivity index (χ1n) is 5.24. The van der Waals surface area contributed by atoms with Crippen LogP contribution in [-0.2, 0) is 6.54 Å². The second-order valence-corrected chi connectivity index (χ2v) is 4.26. The van der Waals surface area contributed by atoms with Crippen molar-refractivity contribution in [3.05, 3.63) is 46.1 Å². The zero-order chi connectivity index (χ0) is 13.8. The Morgan fingerprint density at radius 2 is 2.11 bits per heavy atom. The summed E-state index contributed by atoms with van der Waals surface area (Å²) in [6.45, 7) is 0.251. The van der Waals surface area contributed by atoms with Gasteiger partial charge in [-0.1, -0.05) is 23.2 Å². The Bertz CT molecular complexity index is 620. The standard InChI is InChI=1S/C11H9Cl2N5O/c12-8-9(13)16-5-17-10(8)18-11(19)6-1-2-15-7(3-6)4-14/h1-3,5H,4,14H2,(H,16,17,18,19). The molecule has 0 bridgehead atoms. The number of carbonyl (C=O) groups is 1. The molecule has 0 saturated heterocycles. The lowest BCUT2D eigenvalue weighted by atomic mass is 10.2. The minimum atomic E-state index is -0.381. The minimum absolute atomic E-state index is 0.0735. The van der Waals surface area contributed by atoms with E-state index in [-0.39, 0.29) is 28.4 Å². The second kappa shape index (κ2) is 5.92. The highest BCUT2D eigenvalue weighted by Gasteiger charge is 2.12. The third kappa shape index (κ3) is 3.17. The molecule has 8 heteroatoms. The first-order chi connectivity index (χ1) is 9.11. The van der Waals surface area contributed by atoms with Crippen molar-refractivity contribution in [2.45, 2.75) is 6.54 Å². The molecule has 0 spiro atoms. The van der Waals surface area contributed by atoms with Crippen molar-refractivity contribution in [3.8, 4) is 0 Å². The fourth-order valence-electron chi connectivity index (χ4n) is 1.35. The van der Waals surface area contributed by atoms with E-state index >= 15 is 0 Å². The van der Waals surface area contributed by atoms with Crippen molar-refractivity contribution in [1.29, 1.82) is 0 Å². The van der Waals surface area contributed by atoms with Crippen molar-refractivity contribution >= 4 is 34.9 Å². The van der Waals surface area contributed by atoms with E-state index in [9.17, 15) is 4.79 Å². The summed E-state index contributed by atoms with van der Waals surface area (Å²) < 4.78 is 0. The van der Waals surface area contributed by atoms with Gasteiger partial charge in [-0.3, -0.25) is 9.78 Å². The first kappa shape index (κ1) is 13.7. The van der Waals surface area contributed by atoms with Crippen LogP contribution >= 0.6 is 23.2 Å². The largest absolute Gasteiger partial charge is 0.325 e. The Labute approximate surface area is 119 Å². The molecule has 19 heavy (non-hydrogen) atoms. The minimum Gasteiger partial charge on any atom is -0.325 e. The zero-order valence-electron chi connectivity index (χ0n) is 9.60. The highest BCUT2D eigenvalue weighted by Crippen LogP contribution is 2.25. The van der Waals surface area contributed by atoms with Crippen LogP contribution < -0.4 is 11.1 Å². The number of carbonyl (C=O) groups excluding carboxylic acids is 1. The number of nitrogens with two attached hydrogens (primary N) is 1. The van der Waals surface area contributed by atoms with E-state index in [0.29, 0.717) is 11.3 Å².